The van der Waals surface area contributed by atoms with Crippen LogP contribution >= 0.6 is 0 Å². The van der Waals surface area contributed by atoms with E-state index in [-0.39, 0.29) is 23.1 Å². The van der Waals surface area contributed by atoms with Gasteiger partial charge in [0.15, 0.2) is 11.6 Å². The topological polar surface area (TPSA) is 88.1 Å². The SMILES string of the molecule is CCON(O)C(=O)c1ccc(F)c(F)c1Nc1ccc(C(=O)OC)cc1F. The Bertz CT molecular complexity index is 876. The lowest BCUT2D eigenvalue weighted by atomic mass is 10.1. The summed E-state index contributed by atoms with van der Waals surface area (Å²) < 4.78 is 46.5. The third-order valence-electron chi connectivity index (χ3n) is 3.40. The predicted octanol–water partition coefficient (Wildman–Crippen LogP) is 3.42. The Hall–Kier alpha value is -3.11. The lowest BCUT2D eigenvalue weighted by molar-refractivity contribution is -0.294. The fraction of sp³-hybridized carbons (Fsp3) is 0.176. The number of hydrogen-bond donors (Lipinski definition) is 2. The number of hydroxylamine groups is 2. The molecule has 0 saturated carbocycles. The number of esters is 1. The number of halogens is 3. The summed E-state index contributed by atoms with van der Waals surface area (Å²) in [6.45, 7) is 1.41. The molecule has 2 aromatic carbocycles. The minimum atomic E-state index is -1.47. The Kier molecular flexibility index (Phi) is 6.37. The lowest BCUT2D eigenvalue weighted by Crippen LogP contribution is -2.28. The van der Waals surface area contributed by atoms with Gasteiger partial charge in [0.2, 0.25) is 0 Å². The van der Waals surface area contributed by atoms with E-state index in [0.29, 0.717) is 6.07 Å². The molecule has 0 aromatic heterocycles. The molecule has 10 heteroatoms. The highest BCUT2D eigenvalue weighted by Gasteiger charge is 2.24. The zero-order valence-corrected chi connectivity index (χ0v) is 14.3. The fourth-order valence-electron chi connectivity index (χ4n) is 2.13. The van der Waals surface area contributed by atoms with E-state index >= 15 is 0 Å². The quantitative estimate of drug-likeness (QED) is 0.451. The van der Waals surface area contributed by atoms with Gasteiger partial charge in [-0.05, 0) is 37.3 Å². The summed E-state index contributed by atoms with van der Waals surface area (Å²) in [6.07, 6.45) is 0. The lowest BCUT2D eigenvalue weighted by Gasteiger charge is -2.17. The molecule has 1 amide bonds. The summed E-state index contributed by atoms with van der Waals surface area (Å²) in [5.74, 6) is -5.75. The molecule has 0 heterocycles. The van der Waals surface area contributed by atoms with Gasteiger partial charge in [-0.1, -0.05) is 5.23 Å². The molecule has 0 radical (unpaired) electrons. The number of methoxy groups -OCH3 is 1. The van der Waals surface area contributed by atoms with Crippen molar-refractivity contribution < 1.29 is 37.5 Å². The number of benzene rings is 2. The van der Waals surface area contributed by atoms with Gasteiger partial charge in [0.1, 0.15) is 5.82 Å². The van der Waals surface area contributed by atoms with Crippen molar-refractivity contribution in [3.63, 3.8) is 0 Å². The van der Waals surface area contributed by atoms with Crippen LogP contribution in [0.2, 0.25) is 0 Å². The molecule has 0 unspecified atom stereocenters. The van der Waals surface area contributed by atoms with Gasteiger partial charge in [0.25, 0.3) is 0 Å². The summed E-state index contributed by atoms with van der Waals surface area (Å²) in [5.41, 5.74) is -1.68. The summed E-state index contributed by atoms with van der Waals surface area (Å²) in [6, 6.07) is 4.66. The summed E-state index contributed by atoms with van der Waals surface area (Å²) in [5, 5.41) is 11.6. The van der Waals surface area contributed by atoms with Crippen LogP contribution in [0.25, 0.3) is 0 Å². The first-order valence-corrected chi connectivity index (χ1v) is 7.59. The standard InChI is InChI=1S/C17H15F3N2O5/c1-3-27-22(25)16(23)10-5-6-11(18)14(20)15(10)21-13-7-4-9(8-12(13)19)17(24)26-2/h4-8,21,25H,3H2,1-2H3. The molecule has 2 N–H and O–H groups in total. The van der Waals surface area contributed by atoms with E-state index in [9.17, 15) is 28.0 Å². The third-order valence-corrected chi connectivity index (χ3v) is 3.40. The molecule has 0 aliphatic heterocycles. The number of anilines is 2. The van der Waals surface area contributed by atoms with Crippen molar-refractivity contribution in [1.29, 1.82) is 0 Å². The summed E-state index contributed by atoms with van der Waals surface area (Å²) in [7, 11) is 1.12. The van der Waals surface area contributed by atoms with Crippen LogP contribution in [-0.2, 0) is 9.57 Å². The number of carbonyl (C=O) groups is 2. The molecule has 0 aliphatic rings. The van der Waals surface area contributed by atoms with Crippen LogP contribution in [0.4, 0.5) is 24.5 Å². The largest absolute Gasteiger partial charge is 0.465 e. The van der Waals surface area contributed by atoms with E-state index in [1.165, 1.54) is 13.0 Å². The Morgan fingerprint density at radius 2 is 1.85 bits per heavy atom. The molecule has 144 valence electrons. The number of carbonyl (C=O) groups excluding carboxylic acids is 2. The van der Waals surface area contributed by atoms with Gasteiger partial charge < -0.3 is 10.1 Å². The van der Waals surface area contributed by atoms with Crippen LogP contribution < -0.4 is 5.32 Å². The summed E-state index contributed by atoms with van der Waals surface area (Å²) in [4.78, 5) is 28.1. The maximum atomic E-state index is 14.2. The van der Waals surface area contributed by atoms with Gasteiger partial charge in [-0.25, -0.2) is 22.8 Å². The third kappa shape index (κ3) is 4.36. The van der Waals surface area contributed by atoms with Crippen LogP contribution in [0.15, 0.2) is 30.3 Å². The van der Waals surface area contributed by atoms with Crippen molar-refractivity contribution in [2.24, 2.45) is 0 Å². The van der Waals surface area contributed by atoms with Crippen molar-refractivity contribution in [2.45, 2.75) is 6.92 Å². The maximum Gasteiger partial charge on any atom is 0.337 e. The first kappa shape index (κ1) is 20.2. The normalized spacial score (nSPS) is 10.4. The molecule has 0 spiro atoms. The first-order valence-electron chi connectivity index (χ1n) is 7.59. The highest BCUT2D eigenvalue weighted by Crippen LogP contribution is 2.29. The molecule has 0 fully saturated rings. The highest BCUT2D eigenvalue weighted by atomic mass is 19.2. The Morgan fingerprint density at radius 1 is 1.15 bits per heavy atom. The zero-order valence-electron chi connectivity index (χ0n) is 14.3. The second kappa shape index (κ2) is 8.52. The zero-order chi connectivity index (χ0) is 20.1. The highest BCUT2D eigenvalue weighted by molar-refractivity contribution is 5.99. The Morgan fingerprint density at radius 3 is 2.44 bits per heavy atom. The van der Waals surface area contributed by atoms with Crippen LogP contribution in [0, 0.1) is 17.5 Å². The molecule has 2 rings (SSSR count). The van der Waals surface area contributed by atoms with Gasteiger partial charge >= 0.3 is 11.9 Å². The molecular weight excluding hydrogens is 369 g/mol. The smallest absolute Gasteiger partial charge is 0.337 e. The van der Waals surface area contributed by atoms with Crippen LogP contribution in [0.5, 0.6) is 0 Å². The molecule has 0 aliphatic carbocycles. The van der Waals surface area contributed by atoms with Crippen molar-refractivity contribution in [3.05, 3.63) is 58.9 Å². The van der Waals surface area contributed by atoms with Crippen LogP contribution in [-0.4, -0.2) is 36.0 Å². The molecule has 2 aromatic rings. The van der Waals surface area contributed by atoms with Gasteiger partial charge in [0.05, 0.1) is 36.2 Å². The van der Waals surface area contributed by atoms with E-state index in [1.54, 1.807) is 0 Å². The minimum absolute atomic E-state index is 0.0711. The van der Waals surface area contributed by atoms with Crippen molar-refractivity contribution in [1.82, 2.24) is 5.23 Å². The van der Waals surface area contributed by atoms with E-state index < -0.39 is 40.6 Å². The Labute approximate surface area is 151 Å². The number of ether oxygens (including phenoxy) is 1. The van der Waals surface area contributed by atoms with E-state index in [4.69, 9.17) is 0 Å². The number of nitrogens with one attached hydrogen (secondary N) is 1. The van der Waals surface area contributed by atoms with Gasteiger partial charge in [-0.15, -0.1) is 0 Å². The second-order valence-corrected chi connectivity index (χ2v) is 5.09. The van der Waals surface area contributed by atoms with Crippen molar-refractivity contribution >= 4 is 23.3 Å². The molecule has 0 bridgehead atoms. The average Bonchev–Trinajstić information content (AvgIpc) is 2.65. The minimum Gasteiger partial charge on any atom is -0.465 e. The van der Waals surface area contributed by atoms with E-state index in [1.807, 2.05) is 0 Å². The predicted molar refractivity (Wildman–Crippen MR) is 87.0 cm³/mol. The number of hydrogen-bond acceptors (Lipinski definition) is 6. The van der Waals surface area contributed by atoms with E-state index in [0.717, 1.165) is 25.3 Å². The maximum absolute atomic E-state index is 14.2. The van der Waals surface area contributed by atoms with Gasteiger partial charge in [-0.2, -0.15) is 0 Å². The van der Waals surface area contributed by atoms with Gasteiger partial charge in [0, 0.05) is 0 Å². The average molecular weight is 384 g/mol. The van der Waals surface area contributed by atoms with Crippen LogP contribution in [0.3, 0.4) is 0 Å². The van der Waals surface area contributed by atoms with Gasteiger partial charge in [-0.3, -0.25) is 10.0 Å². The summed E-state index contributed by atoms with van der Waals surface area (Å²) >= 11 is 0. The second-order valence-electron chi connectivity index (χ2n) is 5.09. The van der Waals surface area contributed by atoms with Crippen molar-refractivity contribution in [2.75, 3.05) is 19.0 Å². The number of rotatable bonds is 6. The first-order chi connectivity index (χ1) is 12.8. The fourth-order valence-corrected chi connectivity index (χ4v) is 2.13. The molecule has 0 saturated heterocycles. The monoisotopic (exact) mass is 384 g/mol. The van der Waals surface area contributed by atoms with E-state index in [2.05, 4.69) is 14.9 Å². The Balaban J connectivity index is 2.45. The number of amides is 1. The molecule has 0 atom stereocenters. The molecule has 27 heavy (non-hydrogen) atoms. The number of nitrogens with zero attached hydrogens (tertiary/aromatic N) is 1. The van der Waals surface area contributed by atoms with Crippen molar-refractivity contribution in [3.8, 4) is 0 Å². The molecule has 7 nitrogen and oxygen atoms in total. The molecular formula is C17H15F3N2O5. The van der Waals surface area contributed by atoms with Crippen LogP contribution in [0.1, 0.15) is 27.6 Å².